The van der Waals surface area contributed by atoms with Crippen molar-refractivity contribution >= 4 is 5.57 Å². The first-order valence-corrected chi connectivity index (χ1v) is 6.52. The second kappa shape index (κ2) is 6.24. The highest BCUT2D eigenvalue weighted by molar-refractivity contribution is 5.71. The largest absolute Gasteiger partial charge is 0.0801 e. The summed E-state index contributed by atoms with van der Waals surface area (Å²) in [5.41, 5.74) is 4.39. The van der Waals surface area contributed by atoms with Gasteiger partial charge in [-0.1, -0.05) is 68.0 Å². The Morgan fingerprint density at radius 3 is 2.59 bits per heavy atom. The van der Waals surface area contributed by atoms with E-state index in [4.69, 9.17) is 0 Å². The van der Waals surface area contributed by atoms with E-state index in [1.807, 2.05) is 0 Å². The summed E-state index contributed by atoms with van der Waals surface area (Å²) in [6, 6.07) is 10.8. The lowest BCUT2D eigenvalue weighted by molar-refractivity contribution is 0.821. The molecule has 0 heterocycles. The van der Waals surface area contributed by atoms with E-state index < -0.39 is 0 Å². The summed E-state index contributed by atoms with van der Waals surface area (Å²) in [4.78, 5) is 0. The molecule has 0 saturated carbocycles. The van der Waals surface area contributed by atoms with Gasteiger partial charge in [-0.05, 0) is 36.0 Å². The van der Waals surface area contributed by atoms with E-state index in [0.29, 0.717) is 0 Å². The highest BCUT2D eigenvalue weighted by Gasteiger charge is 2.07. The quantitative estimate of drug-likeness (QED) is 0.663. The molecule has 0 saturated heterocycles. The number of benzene rings is 1. The van der Waals surface area contributed by atoms with Crippen LogP contribution in [-0.2, 0) is 0 Å². The third kappa shape index (κ3) is 3.20. The summed E-state index contributed by atoms with van der Waals surface area (Å²) >= 11 is 0. The van der Waals surface area contributed by atoms with Crippen molar-refractivity contribution < 1.29 is 0 Å². The number of unbranched alkanes of at least 4 members (excludes halogenated alkanes) is 1. The van der Waals surface area contributed by atoms with Crippen molar-refractivity contribution in [1.82, 2.24) is 0 Å². The first-order chi connectivity index (χ1) is 8.42. The van der Waals surface area contributed by atoms with Crippen LogP contribution in [-0.4, -0.2) is 0 Å². The normalized spacial score (nSPS) is 17.2. The lowest BCUT2D eigenvalue weighted by atomic mass is 9.92. The Morgan fingerprint density at radius 2 is 1.94 bits per heavy atom. The van der Waals surface area contributed by atoms with Gasteiger partial charge < -0.3 is 0 Å². The van der Waals surface area contributed by atoms with E-state index >= 15 is 0 Å². The molecular formula is C17H20. The van der Waals surface area contributed by atoms with Crippen LogP contribution in [0.4, 0.5) is 0 Å². The fourth-order valence-corrected chi connectivity index (χ4v) is 2.22. The van der Waals surface area contributed by atoms with Crippen LogP contribution >= 0.6 is 0 Å². The summed E-state index contributed by atoms with van der Waals surface area (Å²) in [5, 5.41) is 0. The summed E-state index contributed by atoms with van der Waals surface area (Å²) in [6.45, 7) is 2.25. The van der Waals surface area contributed by atoms with Crippen LogP contribution in [0.3, 0.4) is 0 Å². The van der Waals surface area contributed by atoms with Crippen LogP contribution in [0.2, 0.25) is 0 Å². The molecule has 2 rings (SSSR count). The molecule has 0 heteroatoms. The lowest BCUT2D eigenvalue weighted by Gasteiger charge is -2.13. The Hall–Kier alpha value is -1.56. The molecule has 1 aromatic rings. The second-order valence-corrected chi connectivity index (χ2v) is 4.46. The van der Waals surface area contributed by atoms with Crippen LogP contribution in [0.15, 0.2) is 60.2 Å². The topological polar surface area (TPSA) is 0 Å². The van der Waals surface area contributed by atoms with Gasteiger partial charge in [0.15, 0.2) is 0 Å². The second-order valence-electron chi connectivity index (χ2n) is 4.46. The van der Waals surface area contributed by atoms with Gasteiger partial charge in [0, 0.05) is 0 Å². The molecule has 17 heavy (non-hydrogen) atoms. The third-order valence-electron chi connectivity index (χ3n) is 3.17. The van der Waals surface area contributed by atoms with Gasteiger partial charge in [0.25, 0.3) is 0 Å². The van der Waals surface area contributed by atoms with Crippen molar-refractivity contribution in [2.24, 2.45) is 0 Å². The zero-order valence-electron chi connectivity index (χ0n) is 10.5. The Bertz CT molecular complexity index is 432. The number of hydrogen-bond acceptors (Lipinski definition) is 0. The van der Waals surface area contributed by atoms with Crippen LogP contribution in [0, 0.1) is 0 Å². The monoisotopic (exact) mass is 224 g/mol. The first-order valence-electron chi connectivity index (χ1n) is 6.52. The molecule has 0 unspecified atom stereocenters. The zero-order valence-corrected chi connectivity index (χ0v) is 10.5. The molecule has 1 aliphatic rings. The van der Waals surface area contributed by atoms with E-state index in [0.717, 1.165) is 6.42 Å². The average molecular weight is 224 g/mol. The smallest absolute Gasteiger partial charge is 0.00914 e. The number of rotatable bonds is 4. The van der Waals surface area contributed by atoms with Crippen LogP contribution in [0.5, 0.6) is 0 Å². The molecule has 0 radical (unpaired) electrons. The lowest BCUT2D eigenvalue weighted by Crippen LogP contribution is -1.92. The molecule has 0 amide bonds. The van der Waals surface area contributed by atoms with Crippen molar-refractivity contribution in [3.05, 3.63) is 65.8 Å². The Balaban J connectivity index is 2.31. The summed E-state index contributed by atoms with van der Waals surface area (Å²) < 4.78 is 0. The molecule has 0 fully saturated rings. The molecule has 0 bridgehead atoms. The molecule has 0 N–H and O–H groups in total. The highest BCUT2D eigenvalue weighted by atomic mass is 14.1. The van der Waals surface area contributed by atoms with E-state index in [1.165, 1.54) is 36.0 Å². The zero-order chi connectivity index (χ0) is 11.9. The molecule has 0 aromatic heterocycles. The molecule has 0 aliphatic heterocycles. The van der Waals surface area contributed by atoms with Crippen molar-refractivity contribution in [1.29, 1.82) is 0 Å². The first kappa shape index (κ1) is 11.9. The van der Waals surface area contributed by atoms with Crippen molar-refractivity contribution in [3.8, 4) is 0 Å². The van der Waals surface area contributed by atoms with Crippen LogP contribution in [0.25, 0.3) is 5.57 Å². The highest BCUT2D eigenvalue weighted by Crippen LogP contribution is 2.28. The Labute approximate surface area is 104 Å². The fraction of sp³-hybridized carbons (Fsp3) is 0.294. The molecular weight excluding hydrogens is 204 g/mol. The van der Waals surface area contributed by atoms with Crippen LogP contribution in [0.1, 0.15) is 38.2 Å². The van der Waals surface area contributed by atoms with Gasteiger partial charge in [-0.25, -0.2) is 0 Å². The number of allylic oxidation sites excluding steroid dienone is 6. The standard InChI is InChI=1S/C17H20/c1-2-3-14-17(15-10-6-4-7-11-15)16-12-8-5-9-13-16/h4-12H,2-3,13-14H2,1H3. The molecule has 1 aliphatic carbocycles. The van der Waals surface area contributed by atoms with E-state index in [-0.39, 0.29) is 0 Å². The third-order valence-corrected chi connectivity index (χ3v) is 3.17. The average Bonchev–Trinajstić information content (AvgIpc) is 2.42. The number of hydrogen-bond donors (Lipinski definition) is 0. The Morgan fingerprint density at radius 1 is 1.12 bits per heavy atom. The molecule has 0 atom stereocenters. The van der Waals surface area contributed by atoms with Gasteiger partial charge in [-0.2, -0.15) is 0 Å². The molecule has 0 nitrogen and oxygen atoms in total. The fourth-order valence-electron chi connectivity index (χ4n) is 2.22. The van der Waals surface area contributed by atoms with Crippen molar-refractivity contribution in [3.63, 3.8) is 0 Å². The maximum absolute atomic E-state index is 2.26. The minimum Gasteiger partial charge on any atom is -0.0801 e. The maximum Gasteiger partial charge on any atom is -0.00914 e. The predicted octanol–water partition coefficient (Wildman–Crippen LogP) is 5.15. The van der Waals surface area contributed by atoms with Crippen molar-refractivity contribution in [2.75, 3.05) is 0 Å². The van der Waals surface area contributed by atoms with Gasteiger partial charge >= 0.3 is 0 Å². The van der Waals surface area contributed by atoms with E-state index in [2.05, 4.69) is 61.6 Å². The predicted molar refractivity (Wildman–Crippen MR) is 75.8 cm³/mol. The molecule has 88 valence electrons. The summed E-state index contributed by atoms with van der Waals surface area (Å²) in [5.74, 6) is 0. The molecule has 0 spiro atoms. The van der Waals surface area contributed by atoms with Gasteiger partial charge in [-0.3, -0.25) is 0 Å². The van der Waals surface area contributed by atoms with E-state index in [9.17, 15) is 0 Å². The minimum absolute atomic E-state index is 1.07. The summed E-state index contributed by atoms with van der Waals surface area (Å²) in [7, 11) is 0. The van der Waals surface area contributed by atoms with Gasteiger partial charge in [-0.15, -0.1) is 0 Å². The molecule has 1 aromatic carbocycles. The van der Waals surface area contributed by atoms with E-state index in [1.54, 1.807) is 0 Å². The summed E-state index contributed by atoms with van der Waals surface area (Å²) in [6.07, 6.45) is 13.6. The van der Waals surface area contributed by atoms with Gasteiger partial charge in [0.1, 0.15) is 0 Å². The van der Waals surface area contributed by atoms with Crippen LogP contribution < -0.4 is 0 Å². The van der Waals surface area contributed by atoms with Crippen molar-refractivity contribution in [2.45, 2.75) is 32.6 Å². The van der Waals surface area contributed by atoms with Gasteiger partial charge in [0.2, 0.25) is 0 Å². The SMILES string of the molecule is CCCCC(=C1C=CC=CC1)c1ccccc1. The minimum atomic E-state index is 1.07. The Kier molecular flexibility index (Phi) is 4.37. The maximum atomic E-state index is 2.26. The van der Waals surface area contributed by atoms with Gasteiger partial charge in [0.05, 0.1) is 0 Å².